The van der Waals surface area contributed by atoms with E-state index in [-0.39, 0.29) is 11.9 Å². The molecule has 0 spiro atoms. The molecule has 0 fully saturated rings. The number of amides is 1. The first kappa shape index (κ1) is 19.9. The number of carbonyl (C=O) groups excluding carboxylic acids is 1. The molecule has 1 aliphatic heterocycles. The second-order valence-corrected chi connectivity index (χ2v) is 8.87. The summed E-state index contributed by atoms with van der Waals surface area (Å²) >= 11 is 1.80. The van der Waals surface area contributed by atoms with E-state index in [9.17, 15) is 4.79 Å². The van der Waals surface area contributed by atoms with Gasteiger partial charge in [-0.15, -0.1) is 11.3 Å². The number of hydrogen-bond acceptors (Lipinski definition) is 4. The number of aromatic nitrogens is 2. The standard InChI is InChI=1S/C23H28N4OS/c1-16-21(17(2)27(24-16)20-8-6-5-7-9-20)15-25(4)18(3)23(28)26-12-10-22-19(14-26)11-13-29-22/h5-9,11,13,18H,10,12,14-15H2,1-4H3. The maximum absolute atomic E-state index is 13.1. The first-order chi connectivity index (χ1) is 14.0. The average molecular weight is 409 g/mol. The fourth-order valence-corrected chi connectivity index (χ4v) is 4.89. The molecular formula is C23H28N4OS. The van der Waals surface area contributed by atoms with Gasteiger partial charge in [-0.3, -0.25) is 9.69 Å². The topological polar surface area (TPSA) is 41.4 Å². The number of hydrogen-bond donors (Lipinski definition) is 0. The second-order valence-electron chi connectivity index (χ2n) is 7.87. The first-order valence-corrected chi connectivity index (χ1v) is 11.0. The minimum atomic E-state index is -0.172. The lowest BCUT2D eigenvalue weighted by Gasteiger charge is -2.33. The smallest absolute Gasteiger partial charge is 0.239 e. The van der Waals surface area contributed by atoms with Crippen molar-refractivity contribution in [1.82, 2.24) is 19.6 Å². The van der Waals surface area contributed by atoms with Crippen molar-refractivity contribution >= 4 is 17.2 Å². The Bertz CT molecular complexity index is 1010. The Morgan fingerprint density at radius 2 is 2.00 bits per heavy atom. The summed E-state index contributed by atoms with van der Waals surface area (Å²) in [6, 6.07) is 12.2. The van der Waals surface area contributed by atoms with Crippen LogP contribution in [0.5, 0.6) is 0 Å². The normalized spacial score (nSPS) is 14.9. The highest BCUT2D eigenvalue weighted by molar-refractivity contribution is 7.10. The molecule has 3 aromatic rings. The Morgan fingerprint density at radius 1 is 1.24 bits per heavy atom. The van der Waals surface area contributed by atoms with Crippen LogP contribution in [-0.4, -0.2) is 45.1 Å². The van der Waals surface area contributed by atoms with Crippen molar-refractivity contribution in [2.75, 3.05) is 13.6 Å². The van der Waals surface area contributed by atoms with Gasteiger partial charge in [0.05, 0.1) is 17.4 Å². The summed E-state index contributed by atoms with van der Waals surface area (Å²) < 4.78 is 1.99. The summed E-state index contributed by atoms with van der Waals surface area (Å²) in [4.78, 5) is 18.7. The molecule has 6 heteroatoms. The molecule has 0 saturated heterocycles. The Morgan fingerprint density at radius 3 is 2.76 bits per heavy atom. The van der Waals surface area contributed by atoms with Gasteiger partial charge in [-0.2, -0.15) is 5.10 Å². The highest BCUT2D eigenvalue weighted by Crippen LogP contribution is 2.25. The SMILES string of the molecule is Cc1nn(-c2ccccc2)c(C)c1CN(C)C(C)C(=O)N1CCc2sccc2C1. The lowest BCUT2D eigenvalue weighted by atomic mass is 10.1. The van der Waals surface area contributed by atoms with Gasteiger partial charge in [0.25, 0.3) is 0 Å². The van der Waals surface area contributed by atoms with Gasteiger partial charge in [-0.1, -0.05) is 18.2 Å². The fourth-order valence-electron chi connectivity index (χ4n) is 4.00. The monoisotopic (exact) mass is 408 g/mol. The van der Waals surface area contributed by atoms with E-state index in [0.29, 0.717) is 6.54 Å². The van der Waals surface area contributed by atoms with Crippen LogP contribution >= 0.6 is 11.3 Å². The molecule has 2 aromatic heterocycles. The Hall–Kier alpha value is -2.44. The maximum Gasteiger partial charge on any atom is 0.239 e. The summed E-state index contributed by atoms with van der Waals surface area (Å²) in [6.45, 7) is 8.41. The highest BCUT2D eigenvalue weighted by atomic mass is 32.1. The molecular weight excluding hydrogens is 380 g/mol. The van der Waals surface area contributed by atoms with Crippen molar-refractivity contribution in [2.45, 2.75) is 46.3 Å². The molecule has 3 heterocycles. The van der Waals surface area contributed by atoms with E-state index >= 15 is 0 Å². The molecule has 1 amide bonds. The second kappa shape index (κ2) is 8.13. The zero-order valence-corrected chi connectivity index (χ0v) is 18.4. The summed E-state index contributed by atoms with van der Waals surface area (Å²) in [5.74, 6) is 0.204. The molecule has 5 nitrogen and oxygen atoms in total. The van der Waals surface area contributed by atoms with Crippen LogP contribution in [0.2, 0.25) is 0 Å². The van der Waals surface area contributed by atoms with Crippen LogP contribution in [-0.2, 0) is 24.3 Å². The van der Waals surface area contributed by atoms with Crippen LogP contribution in [0.4, 0.5) is 0 Å². The number of thiophene rings is 1. The molecule has 1 aromatic carbocycles. The molecule has 0 N–H and O–H groups in total. The minimum Gasteiger partial charge on any atom is -0.337 e. The largest absolute Gasteiger partial charge is 0.337 e. The van der Waals surface area contributed by atoms with Crippen LogP contribution < -0.4 is 0 Å². The van der Waals surface area contributed by atoms with Gasteiger partial charge in [0, 0.05) is 35.8 Å². The van der Waals surface area contributed by atoms with Gasteiger partial charge >= 0.3 is 0 Å². The van der Waals surface area contributed by atoms with Crippen molar-refractivity contribution in [3.05, 3.63) is 69.2 Å². The number of fused-ring (bicyclic) bond motifs is 1. The summed E-state index contributed by atoms with van der Waals surface area (Å²) in [6.07, 6.45) is 0.969. The summed E-state index contributed by atoms with van der Waals surface area (Å²) in [5.41, 5.74) is 5.70. The Labute approximate surface area is 176 Å². The predicted octanol–water partition coefficient (Wildman–Crippen LogP) is 3.96. The van der Waals surface area contributed by atoms with E-state index in [1.165, 1.54) is 16.0 Å². The van der Waals surface area contributed by atoms with Crippen LogP contribution in [0.15, 0.2) is 41.8 Å². The first-order valence-electron chi connectivity index (χ1n) is 10.1. The van der Waals surface area contributed by atoms with Gasteiger partial charge < -0.3 is 4.90 Å². The molecule has 0 radical (unpaired) electrons. The van der Waals surface area contributed by atoms with E-state index in [0.717, 1.165) is 36.6 Å². The summed E-state index contributed by atoms with van der Waals surface area (Å²) in [5, 5.41) is 6.87. The lowest BCUT2D eigenvalue weighted by Crippen LogP contribution is -2.46. The van der Waals surface area contributed by atoms with E-state index in [1.54, 1.807) is 11.3 Å². The molecule has 0 saturated carbocycles. The zero-order chi connectivity index (χ0) is 20.5. The summed E-state index contributed by atoms with van der Waals surface area (Å²) in [7, 11) is 2.03. The highest BCUT2D eigenvalue weighted by Gasteiger charge is 2.28. The molecule has 1 aliphatic rings. The number of aryl methyl sites for hydroxylation is 1. The van der Waals surface area contributed by atoms with Gasteiger partial charge in [0.2, 0.25) is 5.91 Å². The van der Waals surface area contributed by atoms with Gasteiger partial charge in [-0.05, 0) is 63.4 Å². The zero-order valence-electron chi connectivity index (χ0n) is 17.6. The molecule has 1 unspecified atom stereocenters. The number of benzene rings is 1. The number of nitrogens with zero attached hydrogens (tertiary/aromatic N) is 4. The third-order valence-corrected chi connectivity index (χ3v) is 7.01. The van der Waals surface area contributed by atoms with Crippen molar-refractivity contribution in [1.29, 1.82) is 0 Å². The number of rotatable bonds is 5. The number of para-hydroxylation sites is 1. The van der Waals surface area contributed by atoms with Crippen molar-refractivity contribution in [2.24, 2.45) is 0 Å². The van der Waals surface area contributed by atoms with Gasteiger partial charge in [-0.25, -0.2) is 4.68 Å². The minimum absolute atomic E-state index is 0.172. The van der Waals surface area contributed by atoms with E-state index < -0.39 is 0 Å². The van der Waals surface area contributed by atoms with Gasteiger partial charge in [0.1, 0.15) is 0 Å². The third-order valence-electron chi connectivity index (χ3n) is 5.99. The lowest BCUT2D eigenvalue weighted by molar-refractivity contribution is -0.137. The number of likely N-dealkylation sites (N-methyl/N-ethyl adjacent to an activating group) is 1. The van der Waals surface area contributed by atoms with E-state index in [4.69, 9.17) is 5.10 Å². The Balaban J connectivity index is 1.47. The van der Waals surface area contributed by atoms with Crippen molar-refractivity contribution < 1.29 is 4.79 Å². The van der Waals surface area contributed by atoms with Crippen molar-refractivity contribution in [3.63, 3.8) is 0 Å². The fraction of sp³-hybridized carbons (Fsp3) is 0.391. The van der Waals surface area contributed by atoms with Crippen LogP contribution in [0.25, 0.3) is 5.69 Å². The average Bonchev–Trinajstić information content (AvgIpc) is 3.32. The third kappa shape index (κ3) is 3.87. The molecule has 0 aliphatic carbocycles. The quantitative estimate of drug-likeness (QED) is 0.642. The molecule has 152 valence electrons. The molecule has 1 atom stereocenters. The number of carbonyl (C=O) groups is 1. The molecule has 29 heavy (non-hydrogen) atoms. The Kier molecular flexibility index (Phi) is 5.56. The van der Waals surface area contributed by atoms with E-state index in [2.05, 4.69) is 35.4 Å². The van der Waals surface area contributed by atoms with Crippen LogP contribution in [0.1, 0.15) is 34.3 Å². The molecule has 4 rings (SSSR count). The van der Waals surface area contributed by atoms with Crippen molar-refractivity contribution in [3.8, 4) is 5.69 Å². The molecule has 0 bridgehead atoms. The maximum atomic E-state index is 13.1. The van der Waals surface area contributed by atoms with Gasteiger partial charge in [0.15, 0.2) is 0 Å². The predicted molar refractivity (Wildman–Crippen MR) is 117 cm³/mol. The van der Waals surface area contributed by atoms with E-state index in [1.807, 2.05) is 48.7 Å². The van der Waals surface area contributed by atoms with Crippen LogP contribution in [0.3, 0.4) is 0 Å². The van der Waals surface area contributed by atoms with Crippen LogP contribution in [0, 0.1) is 13.8 Å².